The molecule has 0 saturated carbocycles. The van der Waals surface area contributed by atoms with Crippen LogP contribution in [0.3, 0.4) is 0 Å². The third kappa shape index (κ3) is 5.65. The lowest BCUT2D eigenvalue weighted by atomic mass is 10.2. The van der Waals surface area contributed by atoms with Crippen LogP contribution in [-0.2, 0) is 4.79 Å². The molecule has 0 aliphatic carbocycles. The van der Waals surface area contributed by atoms with E-state index in [9.17, 15) is 9.59 Å². The van der Waals surface area contributed by atoms with Crippen molar-refractivity contribution in [2.45, 2.75) is 0 Å². The van der Waals surface area contributed by atoms with Gasteiger partial charge in [0.1, 0.15) is 11.5 Å². The number of benzene rings is 3. The maximum absolute atomic E-state index is 12.5. The SMILES string of the molecule is COc1cc(NC(=O)COc2ccc(Cl)cc2)ccc1NC(=O)c1ccccc1Cl. The van der Waals surface area contributed by atoms with E-state index in [2.05, 4.69) is 10.6 Å². The molecule has 0 atom stereocenters. The zero-order chi connectivity index (χ0) is 21.5. The van der Waals surface area contributed by atoms with Gasteiger partial charge in [-0.3, -0.25) is 9.59 Å². The van der Waals surface area contributed by atoms with E-state index in [1.807, 2.05) is 0 Å². The maximum Gasteiger partial charge on any atom is 0.262 e. The molecule has 6 nitrogen and oxygen atoms in total. The molecule has 0 spiro atoms. The summed E-state index contributed by atoms with van der Waals surface area (Å²) in [5, 5.41) is 6.40. The first kappa shape index (κ1) is 21.5. The van der Waals surface area contributed by atoms with Gasteiger partial charge in [-0.2, -0.15) is 0 Å². The van der Waals surface area contributed by atoms with Gasteiger partial charge in [0.25, 0.3) is 11.8 Å². The number of methoxy groups -OCH3 is 1. The molecule has 0 fully saturated rings. The Hall–Kier alpha value is -3.22. The van der Waals surface area contributed by atoms with E-state index in [0.29, 0.717) is 38.5 Å². The van der Waals surface area contributed by atoms with Crippen molar-refractivity contribution in [2.75, 3.05) is 24.4 Å². The average molecular weight is 445 g/mol. The van der Waals surface area contributed by atoms with Crippen LogP contribution in [0.1, 0.15) is 10.4 Å². The lowest BCUT2D eigenvalue weighted by molar-refractivity contribution is -0.118. The summed E-state index contributed by atoms with van der Waals surface area (Å²) in [6.07, 6.45) is 0. The van der Waals surface area contributed by atoms with E-state index >= 15 is 0 Å². The Balaban J connectivity index is 1.63. The first-order chi connectivity index (χ1) is 14.5. The first-order valence-electron chi connectivity index (χ1n) is 8.88. The number of amides is 2. The van der Waals surface area contributed by atoms with Gasteiger partial charge in [0.2, 0.25) is 0 Å². The molecule has 3 aromatic carbocycles. The fourth-order valence-corrected chi connectivity index (χ4v) is 2.93. The maximum atomic E-state index is 12.5. The van der Waals surface area contributed by atoms with Crippen molar-refractivity contribution in [2.24, 2.45) is 0 Å². The largest absolute Gasteiger partial charge is 0.494 e. The van der Waals surface area contributed by atoms with Crippen molar-refractivity contribution < 1.29 is 19.1 Å². The average Bonchev–Trinajstić information content (AvgIpc) is 2.74. The number of anilines is 2. The first-order valence-corrected chi connectivity index (χ1v) is 9.64. The predicted octanol–water partition coefficient (Wildman–Crippen LogP) is 5.27. The van der Waals surface area contributed by atoms with E-state index in [4.69, 9.17) is 32.7 Å². The molecule has 0 saturated heterocycles. The summed E-state index contributed by atoms with van der Waals surface area (Å²) >= 11 is 11.9. The minimum Gasteiger partial charge on any atom is -0.494 e. The number of nitrogens with one attached hydrogen (secondary N) is 2. The molecule has 0 aliphatic heterocycles. The molecule has 3 rings (SSSR count). The minimum absolute atomic E-state index is 0.172. The summed E-state index contributed by atoms with van der Waals surface area (Å²) in [6, 6.07) is 18.3. The standard InChI is InChI=1S/C22H18Cl2N2O4/c1-29-20-12-15(25-21(27)13-30-16-9-6-14(23)7-10-16)8-11-19(20)26-22(28)17-4-2-3-5-18(17)24/h2-12H,13H2,1H3,(H,25,27)(H,26,28). The van der Waals surface area contributed by atoms with Crippen LogP contribution in [0.2, 0.25) is 10.0 Å². The second-order valence-electron chi connectivity index (χ2n) is 6.14. The van der Waals surface area contributed by atoms with Crippen LogP contribution in [0.4, 0.5) is 11.4 Å². The van der Waals surface area contributed by atoms with Crippen molar-refractivity contribution in [3.05, 3.63) is 82.3 Å². The van der Waals surface area contributed by atoms with Crippen LogP contribution in [-0.4, -0.2) is 25.5 Å². The smallest absolute Gasteiger partial charge is 0.262 e. The number of ether oxygens (including phenoxy) is 2. The van der Waals surface area contributed by atoms with E-state index < -0.39 is 0 Å². The number of halogens is 2. The van der Waals surface area contributed by atoms with Crippen molar-refractivity contribution in [3.8, 4) is 11.5 Å². The monoisotopic (exact) mass is 444 g/mol. The highest BCUT2D eigenvalue weighted by molar-refractivity contribution is 6.34. The summed E-state index contributed by atoms with van der Waals surface area (Å²) in [7, 11) is 1.47. The van der Waals surface area contributed by atoms with Crippen LogP contribution >= 0.6 is 23.2 Å². The lowest BCUT2D eigenvalue weighted by Crippen LogP contribution is -2.20. The highest BCUT2D eigenvalue weighted by Crippen LogP contribution is 2.29. The molecule has 154 valence electrons. The van der Waals surface area contributed by atoms with Gasteiger partial charge >= 0.3 is 0 Å². The molecule has 30 heavy (non-hydrogen) atoms. The Morgan fingerprint density at radius 2 is 1.67 bits per heavy atom. The molecular formula is C22H18Cl2N2O4. The van der Waals surface area contributed by atoms with Crippen molar-refractivity contribution in [3.63, 3.8) is 0 Å². The molecule has 2 amide bonds. The number of carbonyl (C=O) groups is 2. The van der Waals surface area contributed by atoms with Gasteiger partial charge in [0.15, 0.2) is 6.61 Å². The van der Waals surface area contributed by atoms with Crippen molar-refractivity contribution >= 4 is 46.4 Å². The Bertz CT molecular complexity index is 1060. The number of carbonyl (C=O) groups excluding carboxylic acids is 2. The highest BCUT2D eigenvalue weighted by Gasteiger charge is 2.14. The van der Waals surface area contributed by atoms with Crippen LogP contribution in [0.25, 0.3) is 0 Å². The number of hydrogen-bond acceptors (Lipinski definition) is 4. The Morgan fingerprint density at radius 3 is 2.37 bits per heavy atom. The van der Waals surface area contributed by atoms with Gasteiger partial charge in [-0.25, -0.2) is 0 Å². The topological polar surface area (TPSA) is 76.7 Å². The molecule has 0 unspecified atom stereocenters. The van der Waals surface area contributed by atoms with Gasteiger partial charge in [0.05, 0.1) is 23.4 Å². The quantitative estimate of drug-likeness (QED) is 0.520. The van der Waals surface area contributed by atoms with Crippen LogP contribution in [0.5, 0.6) is 11.5 Å². The minimum atomic E-state index is -0.368. The van der Waals surface area contributed by atoms with Crippen LogP contribution < -0.4 is 20.1 Å². The summed E-state index contributed by atoms with van der Waals surface area (Å²) in [5.41, 5.74) is 1.28. The van der Waals surface area contributed by atoms with Gasteiger partial charge in [0, 0.05) is 16.8 Å². The second kappa shape index (κ2) is 10.0. The van der Waals surface area contributed by atoms with Gasteiger partial charge < -0.3 is 20.1 Å². The third-order valence-electron chi connectivity index (χ3n) is 4.04. The number of hydrogen-bond donors (Lipinski definition) is 2. The lowest BCUT2D eigenvalue weighted by Gasteiger charge is -2.13. The molecule has 0 heterocycles. The third-order valence-corrected chi connectivity index (χ3v) is 4.62. The van der Waals surface area contributed by atoms with Crippen molar-refractivity contribution in [1.82, 2.24) is 0 Å². The molecule has 3 aromatic rings. The molecular weight excluding hydrogens is 427 g/mol. The Morgan fingerprint density at radius 1 is 0.933 bits per heavy atom. The van der Waals surface area contributed by atoms with Crippen molar-refractivity contribution in [1.29, 1.82) is 0 Å². The fourth-order valence-electron chi connectivity index (χ4n) is 2.58. The molecule has 0 radical (unpaired) electrons. The molecule has 2 N–H and O–H groups in total. The van der Waals surface area contributed by atoms with Gasteiger partial charge in [-0.05, 0) is 48.5 Å². The molecule has 0 bridgehead atoms. The summed E-state index contributed by atoms with van der Waals surface area (Å²) in [4.78, 5) is 24.6. The molecule has 8 heteroatoms. The Kier molecular flexibility index (Phi) is 7.17. The summed E-state index contributed by atoms with van der Waals surface area (Å²) in [6.45, 7) is -0.172. The zero-order valence-electron chi connectivity index (χ0n) is 15.9. The second-order valence-corrected chi connectivity index (χ2v) is 6.98. The van der Waals surface area contributed by atoms with Gasteiger partial charge in [-0.15, -0.1) is 0 Å². The fraction of sp³-hybridized carbons (Fsp3) is 0.0909. The van der Waals surface area contributed by atoms with E-state index in [0.717, 1.165) is 0 Å². The van der Waals surface area contributed by atoms with E-state index in [-0.39, 0.29) is 18.4 Å². The van der Waals surface area contributed by atoms with E-state index in [1.165, 1.54) is 7.11 Å². The molecule has 0 aromatic heterocycles. The predicted molar refractivity (Wildman–Crippen MR) is 118 cm³/mol. The normalized spacial score (nSPS) is 10.2. The number of rotatable bonds is 7. The van der Waals surface area contributed by atoms with Crippen LogP contribution in [0, 0.1) is 0 Å². The zero-order valence-corrected chi connectivity index (χ0v) is 17.5. The molecule has 0 aliphatic rings. The summed E-state index contributed by atoms with van der Waals surface area (Å²) < 4.78 is 10.7. The van der Waals surface area contributed by atoms with Gasteiger partial charge in [-0.1, -0.05) is 35.3 Å². The highest BCUT2D eigenvalue weighted by atomic mass is 35.5. The van der Waals surface area contributed by atoms with E-state index in [1.54, 1.807) is 66.7 Å². The summed E-state index contributed by atoms with van der Waals surface area (Å²) in [5.74, 6) is 0.198. The Labute approximate surface area is 183 Å². The van der Waals surface area contributed by atoms with Crippen LogP contribution in [0.15, 0.2) is 66.7 Å².